The lowest BCUT2D eigenvalue weighted by Crippen LogP contribution is -2.48. The van der Waals surface area contributed by atoms with Gasteiger partial charge in [-0.15, -0.1) is 0 Å². The fourth-order valence-corrected chi connectivity index (χ4v) is 1.94. The average molecular weight is 296 g/mol. The number of aliphatic hydroxyl groups is 1. The highest BCUT2D eigenvalue weighted by molar-refractivity contribution is 6.31. The largest absolute Gasteiger partial charge is 0.479 e. The van der Waals surface area contributed by atoms with E-state index in [0.29, 0.717) is 21.5 Å². The van der Waals surface area contributed by atoms with Gasteiger partial charge in [0.15, 0.2) is 0 Å². The molecule has 2 aromatic rings. The third-order valence-corrected chi connectivity index (χ3v) is 3.11. The fraction of sp³-hybridized carbons (Fsp3) is 0.154. The first-order valence-electron chi connectivity index (χ1n) is 5.56. The van der Waals surface area contributed by atoms with Crippen molar-refractivity contribution in [3.05, 3.63) is 41.0 Å². The molecule has 0 aliphatic rings. The molecule has 1 aromatic carbocycles. The number of halogens is 1. The van der Waals surface area contributed by atoms with Crippen molar-refractivity contribution in [2.24, 2.45) is 0 Å². The van der Waals surface area contributed by atoms with Gasteiger partial charge in [-0.25, -0.2) is 9.59 Å². The SMILES string of the molecule is O=C(O)C(O)(Cc1cnc2cc(Cl)ccc2c1)C(=O)O. The van der Waals surface area contributed by atoms with Crippen LogP contribution in [0.5, 0.6) is 0 Å². The molecule has 1 heterocycles. The summed E-state index contributed by atoms with van der Waals surface area (Å²) in [7, 11) is 0. The minimum Gasteiger partial charge on any atom is -0.479 e. The van der Waals surface area contributed by atoms with Crippen LogP contribution < -0.4 is 0 Å². The quantitative estimate of drug-likeness (QED) is 0.734. The normalized spacial score (nSPS) is 11.5. The van der Waals surface area contributed by atoms with Crippen LogP contribution in [0.3, 0.4) is 0 Å². The molecule has 0 fully saturated rings. The summed E-state index contributed by atoms with van der Waals surface area (Å²) in [5, 5.41) is 28.6. The lowest BCUT2D eigenvalue weighted by molar-refractivity contribution is -0.175. The van der Waals surface area contributed by atoms with Crippen LogP contribution in [0.25, 0.3) is 10.9 Å². The van der Waals surface area contributed by atoms with Crippen LogP contribution in [-0.4, -0.2) is 37.8 Å². The molecule has 0 saturated carbocycles. The first-order chi connectivity index (χ1) is 9.33. The minimum absolute atomic E-state index is 0.298. The summed E-state index contributed by atoms with van der Waals surface area (Å²) < 4.78 is 0. The van der Waals surface area contributed by atoms with Gasteiger partial charge in [0.1, 0.15) is 0 Å². The predicted octanol–water partition coefficient (Wildman–Crippen LogP) is 1.33. The third-order valence-electron chi connectivity index (χ3n) is 2.87. The summed E-state index contributed by atoms with van der Waals surface area (Å²) in [6, 6.07) is 6.50. The van der Waals surface area contributed by atoms with E-state index in [1.807, 2.05) is 0 Å². The van der Waals surface area contributed by atoms with Gasteiger partial charge in [0.2, 0.25) is 0 Å². The number of aliphatic carboxylic acids is 2. The third kappa shape index (κ3) is 2.56. The highest BCUT2D eigenvalue weighted by Gasteiger charge is 2.44. The summed E-state index contributed by atoms with van der Waals surface area (Å²) in [6.45, 7) is 0. The van der Waals surface area contributed by atoms with E-state index >= 15 is 0 Å². The number of pyridine rings is 1. The summed E-state index contributed by atoms with van der Waals surface area (Å²) in [5.74, 6) is -3.64. The molecule has 0 spiro atoms. The molecule has 0 amide bonds. The molecule has 0 atom stereocenters. The van der Waals surface area contributed by atoms with Gasteiger partial charge < -0.3 is 15.3 Å². The molecule has 20 heavy (non-hydrogen) atoms. The van der Waals surface area contributed by atoms with Crippen LogP contribution in [0.1, 0.15) is 5.56 Å². The maximum Gasteiger partial charge on any atom is 0.347 e. The minimum atomic E-state index is -2.87. The molecule has 0 aliphatic heterocycles. The number of carboxylic acids is 2. The predicted molar refractivity (Wildman–Crippen MR) is 70.7 cm³/mol. The van der Waals surface area contributed by atoms with E-state index in [2.05, 4.69) is 4.98 Å². The highest BCUT2D eigenvalue weighted by atomic mass is 35.5. The Morgan fingerprint density at radius 1 is 1.20 bits per heavy atom. The zero-order valence-corrected chi connectivity index (χ0v) is 10.8. The van der Waals surface area contributed by atoms with E-state index in [1.54, 1.807) is 24.3 Å². The molecule has 0 aliphatic carbocycles. The lowest BCUT2D eigenvalue weighted by Gasteiger charge is -2.18. The van der Waals surface area contributed by atoms with E-state index in [1.165, 1.54) is 6.20 Å². The molecule has 1 aromatic heterocycles. The van der Waals surface area contributed by atoms with Gasteiger partial charge in [-0.1, -0.05) is 17.7 Å². The summed E-state index contributed by atoms with van der Waals surface area (Å²) >= 11 is 5.81. The van der Waals surface area contributed by atoms with Gasteiger partial charge in [0.25, 0.3) is 5.60 Å². The molecule has 0 unspecified atom stereocenters. The first-order valence-corrected chi connectivity index (χ1v) is 5.94. The van der Waals surface area contributed by atoms with Gasteiger partial charge >= 0.3 is 11.9 Å². The Hall–Kier alpha value is -2.18. The van der Waals surface area contributed by atoms with Gasteiger partial charge in [-0.3, -0.25) is 4.98 Å². The van der Waals surface area contributed by atoms with Gasteiger partial charge in [-0.05, 0) is 23.8 Å². The molecule has 3 N–H and O–H groups in total. The second-order valence-corrected chi connectivity index (χ2v) is 4.76. The van der Waals surface area contributed by atoms with Crippen LogP contribution in [-0.2, 0) is 16.0 Å². The number of aromatic nitrogens is 1. The number of benzene rings is 1. The van der Waals surface area contributed by atoms with Crippen molar-refractivity contribution in [3.8, 4) is 0 Å². The monoisotopic (exact) mass is 295 g/mol. The van der Waals surface area contributed by atoms with Gasteiger partial charge in [0, 0.05) is 23.0 Å². The van der Waals surface area contributed by atoms with E-state index in [4.69, 9.17) is 21.8 Å². The summed E-state index contributed by atoms with van der Waals surface area (Å²) in [5.41, 5.74) is -1.98. The molecule has 7 heteroatoms. The Kier molecular flexibility index (Phi) is 3.61. The molecule has 104 valence electrons. The Morgan fingerprint density at radius 2 is 1.85 bits per heavy atom. The van der Waals surface area contributed by atoms with Crippen LogP contribution in [0, 0.1) is 0 Å². The molecule has 6 nitrogen and oxygen atoms in total. The van der Waals surface area contributed by atoms with Crippen molar-refractivity contribution in [2.45, 2.75) is 12.0 Å². The van der Waals surface area contributed by atoms with E-state index in [-0.39, 0.29) is 0 Å². The van der Waals surface area contributed by atoms with E-state index in [0.717, 1.165) is 0 Å². The zero-order valence-electron chi connectivity index (χ0n) is 10.1. The maximum absolute atomic E-state index is 10.9. The Labute approximate surface area is 118 Å². The molecule has 0 radical (unpaired) electrons. The Balaban J connectivity index is 2.41. The van der Waals surface area contributed by atoms with Crippen molar-refractivity contribution >= 4 is 34.4 Å². The molecule has 0 bridgehead atoms. The van der Waals surface area contributed by atoms with Gasteiger partial charge in [0.05, 0.1) is 5.52 Å². The molecular weight excluding hydrogens is 286 g/mol. The van der Waals surface area contributed by atoms with Crippen molar-refractivity contribution < 1.29 is 24.9 Å². The Morgan fingerprint density at radius 3 is 2.45 bits per heavy atom. The van der Waals surface area contributed by atoms with Gasteiger partial charge in [-0.2, -0.15) is 0 Å². The molecule has 0 saturated heterocycles. The van der Waals surface area contributed by atoms with Crippen molar-refractivity contribution in [1.29, 1.82) is 0 Å². The number of hydrogen-bond donors (Lipinski definition) is 3. The maximum atomic E-state index is 10.9. The topological polar surface area (TPSA) is 108 Å². The number of carboxylic acid groups (broad SMARTS) is 2. The van der Waals surface area contributed by atoms with E-state index < -0.39 is 24.0 Å². The number of nitrogens with zero attached hydrogens (tertiary/aromatic N) is 1. The van der Waals surface area contributed by atoms with E-state index in [9.17, 15) is 14.7 Å². The van der Waals surface area contributed by atoms with Crippen molar-refractivity contribution in [1.82, 2.24) is 4.98 Å². The molecular formula is C13H10ClNO5. The highest BCUT2D eigenvalue weighted by Crippen LogP contribution is 2.21. The Bertz CT molecular complexity index is 686. The van der Waals surface area contributed by atoms with Crippen LogP contribution in [0.15, 0.2) is 30.5 Å². The number of carbonyl (C=O) groups is 2. The first kappa shape index (κ1) is 14.2. The second-order valence-electron chi connectivity index (χ2n) is 4.33. The number of rotatable bonds is 4. The molecule has 2 rings (SSSR count). The van der Waals surface area contributed by atoms with Crippen molar-refractivity contribution in [3.63, 3.8) is 0 Å². The smallest absolute Gasteiger partial charge is 0.347 e. The number of hydrogen-bond acceptors (Lipinski definition) is 4. The zero-order chi connectivity index (χ0) is 14.9. The summed E-state index contributed by atoms with van der Waals surface area (Å²) in [6.07, 6.45) is 0.735. The fourth-order valence-electron chi connectivity index (χ4n) is 1.77. The lowest BCUT2D eigenvalue weighted by atomic mass is 9.95. The average Bonchev–Trinajstić information content (AvgIpc) is 2.38. The summed E-state index contributed by atoms with van der Waals surface area (Å²) in [4.78, 5) is 25.9. The number of fused-ring (bicyclic) bond motifs is 1. The van der Waals surface area contributed by atoms with Crippen LogP contribution in [0.4, 0.5) is 0 Å². The van der Waals surface area contributed by atoms with Crippen molar-refractivity contribution in [2.75, 3.05) is 0 Å². The second kappa shape index (κ2) is 5.07. The van der Waals surface area contributed by atoms with Crippen LogP contribution >= 0.6 is 11.6 Å². The van der Waals surface area contributed by atoms with Crippen LogP contribution in [0.2, 0.25) is 5.02 Å². The standard InChI is InChI=1S/C13H10ClNO5/c14-9-2-1-8-3-7(6-15-10(8)4-9)5-13(20,11(16)17)12(18)19/h1-4,6,20H,5H2,(H,16,17)(H,18,19).